The second kappa shape index (κ2) is 7.67. The molecule has 0 spiro atoms. The molecule has 0 aromatic heterocycles. The molecule has 0 radical (unpaired) electrons. The first-order chi connectivity index (χ1) is 12.2. The van der Waals surface area contributed by atoms with Gasteiger partial charge in [0, 0.05) is 25.7 Å². The maximum absolute atomic E-state index is 6.35. The molecule has 2 aliphatic heterocycles. The first kappa shape index (κ1) is 17.4. The van der Waals surface area contributed by atoms with Crippen molar-refractivity contribution in [2.45, 2.75) is 44.4 Å². The van der Waals surface area contributed by atoms with Gasteiger partial charge in [0.15, 0.2) is 0 Å². The number of rotatable bonds is 3. The Hall–Kier alpha value is -1.06. The number of piperidine rings is 1. The van der Waals surface area contributed by atoms with Crippen molar-refractivity contribution in [3.05, 3.63) is 69.7 Å². The van der Waals surface area contributed by atoms with E-state index >= 15 is 0 Å². The van der Waals surface area contributed by atoms with E-state index in [2.05, 4.69) is 52.3 Å². The highest BCUT2D eigenvalue weighted by Crippen LogP contribution is 2.39. The summed E-state index contributed by atoms with van der Waals surface area (Å²) in [6, 6.07) is 17.6. The number of hydrogen-bond acceptors (Lipinski definition) is 2. The minimum atomic E-state index is 0.286. The molecular formula is C21H24Cl2N2. The van der Waals surface area contributed by atoms with Crippen LogP contribution in [0.2, 0.25) is 10.0 Å². The normalized spacial score (nSPS) is 24.9. The fourth-order valence-corrected chi connectivity index (χ4v) is 4.67. The van der Waals surface area contributed by atoms with Gasteiger partial charge in [-0.15, -0.1) is 0 Å². The van der Waals surface area contributed by atoms with Gasteiger partial charge in [0.25, 0.3) is 0 Å². The van der Waals surface area contributed by atoms with Gasteiger partial charge in [-0.25, -0.2) is 0 Å². The van der Waals surface area contributed by atoms with Crippen molar-refractivity contribution in [3.63, 3.8) is 0 Å². The smallest absolute Gasteiger partial charge is 0.0892 e. The Bertz CT molecular complexity index is 719. The third kappa shape index (κ3) is 3.73. The topological polar surface area (TPSA) is 6.48 Å². The second-order valence-electron chi connectivity index (χ2n) is 7.18. The van der Waals surface area contributed by atoms with Crippen LogP contribution in [0.1, 0.15) is 43.0 Å². The van der Waals surface area contributed by atoms with Gasteiger partial charge in [0.1, 0.15) is 0 Å². The fraction of sp³-hybridized carbons (Fsp3) is 0.429. The molecule has 0 amide bonds. The summed E-state index contributed by atoms with van der Waals surface area (Å²) in [7, 11) is 0. The molecule has 0 bridgehead atoms. The molecule has 2 heterocycles. The lowest BCUT2D eigenvalue weighted by molar-refractivity contribution is -0.0566. The van der Waals surface area contributed by atoms with Crippen LogP contribution in [-0.2, 0) is 6.54 Å². The van der Waals surface area contributed by atoms with Crippen LogP contribution in [0, 0.1) is 0 Å². The van der Waals surface area contributed by atoms with Crippen LogP contribution in [0.4, 0.5) is 0 Å². The largest absolute Gasteiger partial charge is 0.281 e. The molecule has 2 aromatic rings. The summed E-state index contributed by atoms with van der Waals surface area (Å²) in [5, 5.41) is 1.28. The molecule has 25 heavy (non-hydrogen) atoms. The van der Waals surface area contributed by atoms with Crippen LogP contribution in [0.25, 0.3) is 0 Å². The van der Waals surface area contributed by atoms with Crippen LogP contribution in [0.3, 0.4) is 0 Å². The lowest BCUT2D eigenvalue weighted by Gasteiger charge is -2.51. The van der Waals surface area contributed by atoms with Crippen molar-refractivity contribution < 1.29 is 0 Å². The third-order valence-corrected chi connectivity index (χ3v) is 6.29. The Morgan fingerprint density at radius 2 is 1.72 bits per heavy atom. The first-order valence-corrected chi connectivity index (χ1v) is 9.96. The SMILES string of the molecule is Clc1ccc([C@@H]2N(Cc3ccccc3)CC[C@H]3CCCCN32)cc1Cl. The van der Waals surface area contributed by atoms with Gasteiger partial charge in [0.05, 0.1) is 16.2 Å². The predicted octanol–water partition coefficient (Wildman–Crippen LogP) is 5.75. The fourth-order valence-electron chi connectivity index (χ4n) is 4.36. The van der Waals surface area contributed by atoms with Crippen LogP contribution in [-0.4, -0.2) is 28.9 Å². The van der Waals surface area contributed by atoms with Crippen LogP contribution in [0.15, 0.2) is 48.5 Å². The van der Waals surface area contributed by atoms with Gasteiger partial charge in [-0.2, -0.15) is 0 Å². The van der Waals surface area contributed by atoms with E-state index in [0.29, 0.717) is 16.1 Å². The zero-order valence-electron chi connectivity index (χ0n) is 14.4. The average molecular weight is 375 g/mol. The molecule has 2 aromatic carbocycles. The molecule has 0 unspecified atom stereocenters. The van der Waals surface area contributed by atoms with Crippen molar-refractivity contribution in [1.29, 1.82) is 0 Å². The number of halogens is 2. The van der Waals surface area contributed by atoms with Crippen molar-refractivity contribution >= 4 is 23.2 Å². The highest BCUT2D eigenvalue weighted by Gasteiger charge is 2.37. The van der Waals surface area contributed by atoms with Crippen molar-refractivity contribution in [3.8, 4) is 0 Å². The summed E-state index contributed by atoms with van der Waals surface area (Å²) >= 11 is 12.5. The standard InChI is InChI=1S/C21H24Cl2N2/c22-19-10-9-17(14-20(19)23)21-24(15-16-6-2-1-3-7-16)13-11-18-8-4-5-12-25(18)21/h1-3,6-7,9-10,14,18,21H,4-5,8,11-13,15H2/t18-,21-/m1/s1. The highest BCUT2D eigenvalue weighted by molar-refractivity contribution is 6.42. The summed E-state index contributed by atoms with van der Waals surface area (Å²) in [5.74, 6) is 0. The molecule has 0 saturated carbocycles. The minimum absolute atomic E-state index is 0.286. The summed E-state index contributed by atoms with van der Waals surface area (Å²) in [6.07, 6.45) is 5.50. The van der Waals surface area contributed by atoms with Gasteiger partial charge in [0.2, 0.25) is 0 Å². The van der Waals surface area contributed by atoms with Gasteiger partial charge in [-0.3, -0.25) is 9.80 Å². The van der Waals surface area contributed by atoms with E-state index in [1.54, 1.807) is 0 Å². The van der Waals surface area contributed by atoms with Crippen molar-refractivity contribution in [1.82, 2.24) is 9.80 Å². The Labute approximate surface area is 160 Å². The van der Waals surface area contributed by atoms with E-state index < -0.39 is 0 Å². The van der Waals surface area contributed by atoms with E-state index in [9.17, 15) is 0 Å². The van der Waals surface area contributed by atoms with Gasteiger partial charge < -0.3 is 0 Å². The van der Waals surface area contributed by atoms with E-state index in [0.717, 1.165) is 13.1 Å². The quantitative estimate of drug-likeness (QED) is 0.674. The minimum Gasteiger partial charge on any atom is -0.281 e. The highest BCUT2D eigenvalue weighted by atomic mass is 35.5. The lowest BCUT2D eigenvalue weighted by atomic mass is 9.93. The zero-order valence-corrected chi connectivity index (χ0v) is 15.9. The maximum atomic E-state index is 6.35. The summed E-state index contributed by atoms with van der Waals surface area (Å²) in [6.45, 7) is 3.26. The molecule has 2 saturated heterocycles. The van der Waals surface area contributed by atoms with Gasteiger partial charge in [-0.05, 0) is 42.5 Å². The third-order valence-electron chi connectivity index (χ3n) is 5.55. The molecule has 2 atom stereocenters. The van der Waals surface area contributed by atoms with Crippen LogP contribution in [0.5, 0.6) is 0 Å². The Morgan fingerprint density at radius 3 is 2.52 bits per heavy atom. The molecule has 0 N–H and O–H groups in total. The maximum Gasteiger partial charge on any atom is 0.0892 e. The van der Waals surface area contributed by atoms with Gasteiger partial charge >= 0.3 is 0 Å². The van der Waals surface area contributed by atoms with E-state index in [1.807, 2.05) is 6.07 Å². The lowest BCUT2D eigenvalue weighted by Crippen LogP contribution is -2.54. The van der Waals surface area contributed by atoms with E-state index in [4.69, 9.17) is 23.2 Å². The zero-order chi connectivity index (χ0) is 17.2. The average Bonchev–Trinajstić information content (AvgIpc) is 2.65. The van der Waals surface area contributed by atoms with Crippen molar-refractivity contribution in [2.24, 2.45) is 0 Å². The molecular weight excluding hydrogens is 351 g/mol. The number of nitrogens with zero attached hydrogens (tertiary/aromatic N) is 2. The molecule has 2 nitrogen and oxygen atoms in total. The number of fused-ring (bicyclic) bond motifs is 1. The predicted molar refractivity (Wildman–Crippen MR) is 105 cm³/mol. The Morgan fingerprint density at radius 1 is 0.880 bits per heavy atom. The monoisotopic (exact) mass is 374 g/mol. The summed E-state index contributed by atoms with van der Waals surface area (Å²) in [4.78, 5) is 5.28. The molecule has 2 aliphatic rings. The molecule has 4 rings (SSSR count). The summed E-state index contributed by atoms with van der Waals surface area (Å²) in [5.41, 5.74) is 2.62. The van der Waals surface area contributed by atoms with Crippen LogP contribution >= 0.6 is 23.2 Å². The molecule has 0 aliphatic carbocycles. The molecule has 2 fully saturated rings. The first-order valence-electron chi connectivity index (χ1n) is 9.21. The number of benzene rings is 2. The molecule has 4 heteroatoms. The van der Waals surface area contributed by atoms with Gasteiger partial charge in [-0.1, -0.05) is 66.0 Å². The Balaban J connectivity index is 1.67. The van der Waals surface area contributed by atoms with Crippen LogP contribution < -0.4 is 0 Å². The Kier molecular flexibility index (Phi) is 5.33. The molecule has 132 valence electrons. The van der Waals surface area contributed by atoms with E-state index in [1.165, 1.54) is 43.4 Å². The number of hydrogen-bond donors (Lipinski definition) is 0. The van der Waals surface area contributed by atoms with Crippen molar-refractivity contribution in [2.75, 3.05) is 13.1 Å². The summed E-state index contributed by atoms with van der Waals surface area (Å²) < 4.78 is 0. The van der Waals surface area contributed by atoms with E-state index in [-0.39, 0.29) is 6.17 Å². The second-order valence-corrected chi connectivity index (χ2v) is 7.99.